The SMILES string of the molecule is C[C@@H]1[C@@H](C#N)N(S(=O)(=O)c2ccc(O)cc2)C[C@@H]1n1nc(CC(=O)O)c2ccccc21. The molecule has 1 saturated heterocycles. The molecule has 3 aromatic rings. The summed E-state index contributed by atoms with van der Waals surface area (Å²) in [5.41, 5.74) is 1.08. The lowest BCUT2D eigenvalue weighted by Gasteiger charge is -2.20. The van der Waals surface area contributed by atoms with Gasteiger partial charge in [-0.2, -0.15) is 14.7 Å². The molecular formula is C21H20N4O5S. The fraction of sp³-hybridized carbons (Fsp3) is 0.286. The molecule has 10 heteroatoms. The number of fused-ring (bicyclic) bond motifs is 1. The third-order valence-electron chi connectivity index (χ3n) is 5.68. The minimum Gasteiger partial charge on any atom is -0.508 e. The summed E-state index contributed by atoms with van der Waals surface area (Å²) in [6, 6.07) is 13.1. The highest BCUT2D eigenvalue weighted by Crippen LogP contribution is 2.38. The first-order valence-electron chi connectivity index (χ1n) is 9.62. The Morgan fingerprint density at radius 3 is 2.55 bits per heavy atom. The van der Waals surface area contributed by atoms with Crippen LogP contribution in [0.25, 0.3) is 10.9 Å². The number of benzene rings is 2. The van der Waals surface area contributed by atoms with Crippen LogP contribution in [-0.2, 0) is 21.2 Å². The van der Waals surface area contributed by atoms with E-state index in [1.165, 1.54) is 24.3 Å². The van der Waals surface area contributed by atoms with Gasteiger partial charge in [0.2, 0.25) is 10.0 Å². The van der Waals surface area contributed by atoms with Crippen molar-refractivity contribution >= 4 is 26.9 Å². The highest BCUT2D eigenvalue weighted by molar-refractivity contribution is 7.89. The van der Waals surface area contributed by atoms with Gasteiger partial charge in [-0.05, 0) is 30.3 Å². The van der Waals surface area contributed by atoms with Crippen LogP contribution in [0.4, 0.5) is 0 Å². The molecule has 2 aromatic carbocycles. The van der Waals surface area contributed by atoms with Crippen LogP contribution in [0.3, 0.4) is 0 Å². The van der Waals surface area contributed by atoms with Crippen LogP contribution < -0.4 is 0 Å². The van der Waals surface area contributed by atoms with Crippen molar-refractivity contribution in [1.82, 2.24) is 14.1 Å². The van der Waals surface area contributed by atoms with Crippen LogP contribution in [0, 0.1) is 17.2 Å². The summed E-state index contributed by atoms with van der Waals surface area (Å²) in [4.78, 5) is 11.3. The second-order valence-electron chi connectivity index (χ2n) is 7.55. The van der Waals surface area contributed by atoms with E-state index in [1.807, 2.05) is 0 Å². The molecule has 9 nitrogen and oxygen atoms in total. The highest BCUT2D eigenvalue weighted by Gasteiger charge is 2.47. The molecule has 1 fully saturated rings. The first-order chi connectivity index (χ1) is 14.7. The number of nitriles is 1. The molecule has 0 amide bonds. The Labute approximate surface area is 178 Å². The summed E-state index contributed by atoms with van der Waals surface area (Å²) >= 11 is 0. The molecule has 2 heterocycles. The van der Waals surface area contributed by atoms with Crippen LogP contribution in [0.2, 0.25) is 0 Å². The molecule has 0 radical (unpaired) electrons. The number of carbonyl (C=O) groups is 1. The summed E-state index contributed by atoms with van der Waals surface area (Å²) in [6.45, 7) is 1.80. The molecule has 2 N–H and O–H groups in total. The molecular weight excluding hydrogens is 420 g/mol. The predicted molar refractivity (Wildman–Crippen MR) is 111 cm³/mol. The number of rotatable bonds is 5. The summed E-state index contributed by atoms with van der Waals surface area (Å²) < 4.78 is 29.3. The van der Waals surface area contributed by atoms with Crippen LogP contribution in [0.15, 0.2) is 53.4 Å². The van der Waals surface area contributed by atoms with E-state index < -0.39 is 34.0 Å². The van der Waals surface area contributed by atoms with Crippen molar-refractivity contribution in [3.05, 3.63) is 54.2 Å². The number of phenolic OH excluding ortho intramolecular Hbond substituents is 1. The van der Waals surface area contributed by atoms with Crippen molar-refractivity contribution in [3.8, 4) is 11.8 Å². The zero-order chi connectivity index (χ0) is 22.3. The lowest BCUT2D eigenvalue weighted by atomic mass is 10.00. The fourth-order valence-corrected chi connectivity index (χ4v) is 5.74. The molecule has 1 aliphatic rings. The van der Waals surface area contributed by atoms with Crippen LogP contribution in [-0.4, -0.2) is 51.3 Å². The molecule has 1 aliphatic heterocycles. The Bertz CT molecular complexity index is 1290. The van der Waals surface area contributed by atoms with E-state index in [9.17, 15) is 28.7 Å². The number of carboxylic acid groups (broad SMARTS) is 1. The molecule has 0 aliphatic carbocycles. The molecule has 0 bridgehead atoms. The number of phenols is 1. The second kappa shape index (κ2) is 7.68. The molecule has 4 rings (SSSR count). The van der Waals surface area contributed by atoms with Crippen LogP contribution in [0.1, 0.15) is 18.7 Å². The van der Waals surface area contributed by atoms with Crippen molar-refractivity contribution in [2.45, 2.75) is 30.3 Å². The molecule has 0 saturated carbocycles. The smallest absolute Gasteiger partial charge is 0.309 e. The van der Waals surface area contributed by atoms with E-state index in [0.29, 0.717) is 16.6 Å². The quantitative estimate of drug-likeness (QED) is 0.620. The Balaban J connectivity index is 1.77. The van der Waals surface area contributed by atoms with E-state index in [1.54, 1.807) is 35.9 Å². The van der Waals surface area contributed by atoms with Gasteiger partial charge in [0.1, 0.15) is 11.8 Å². The number of aromatic hydroxyl groups is 1. The maximum absolute atomic E-state index is 13.2. The Hall–Kier alpha value is -3.42. The largest absolute Gasteiger partial charge is 0.508 e. The number of sulfonamides is 1. The Morgan fingerprint density at radius 1 is 1.23 bits per heavy atom. The van der Waals surface area contributed by atoms with Gasteiger partial charge in [0, 0.05) is 17.8 Å². The highest BCUT2D eigenvalue weighted by atomic mass is 32.2. The molecule has 1 aromatic heterocycles. The third-order valence-corrected chi connectivity index (χ3v) is 7.54. The summed E-state index contributed by atoms with van der Waals surface area (Å²) in [5, 5.41) is 33.6. The Kier molecular flexibility index (Phi) is 5.16. The first-order valence-corrected chi connectivity index (χ1v) is 11.1. The van der Waals surface area contributed by atoms with Crippen LogP contribution >= 0.6 is 0 Å². The number of aromatic nitrogens is 2. The maximum atomic E-state index is 13.2. The standard InChI is InChI=1S/C21H20N4O5S/c1-13-19(11-22)24(31(29,30)15-8-6-14(26)7-9-15)12-20(13)25-18-5-3-2-4-16(18)17(23-25)10-21(27)28/h2-9,13,19-20,26H,10,12H2,1H3,(H,27,28)/t13-,19-,20+/m1/s1. The van der Waals surface area contributed by atoms with E-state index in [-0.39, 0.29) is 23.6 Å². The molecule has 31 heavy (non-hydrogen) atoms. The van der Waals surface area contributed by atoms with Crippen molar-refractivity contribution in [2.75, 3.05) is 6.54 Å². The van der Waals surface area contributed by atoms with E-state index in [0.717, 1.165) is 4.31 Å². The molecule has 3 atom stereocenters. The maximum Gasteiger partial charge on any atom is 0.309 e. The van der Waals surface area contributed by atoms with Gasteiger partial charge in [0.25, 0.3) is 0 Å². The number of hydrogen-bond acceptors (Lipinski definition) is 6. The minimum absolute atomic E-state index is 0.0147. The average Bonchev–Trinajstić information content (AvgIpc) is 3.26. The number of nitrogens with zero attached hydrogens (tertiary/aromatic N) is 4. The zero-order valence-corrected chi connectivity index (χ0v) is 17.4. The van der Waals surface area contributed by atoms with Gasteiger partial charge < -0.3 is 10.2 Å². The van der Waals surface area contributed by atoms with Gasteiger partial charge in [-0.3, -0.25) is 9.48 Å². The van der Waals surface area contributed by atoms with Gasteiger partial charge in [-0.15, -0.1) is 0 Å². The van der Waals surface area contributed by atoms with Crippen molar-refractivity contribution in [2.24, 2.45) is 5.92 Å². The van der Waals surface area contributed by atoms with Gasteiger partial charge in [0.15, 0.2) is 0 Å². The lowest BCUT2D eigenvalue weighted by molar-refractivity contribution is -0.136. The summed E-state index contributed by atoms with van der Waals surface area (Å²) in [5.74, 6) is -1.46. The molecule has 160 valence electrons. The zero-order valence-electron chi connectivity index (χ0n) is 16.6. The molecule has 0 unspecified atom stereocenters. The average molecular weight is 440 g/mol. The van der Waals surface area contributed by atoms with Crippen LogP contribution in [0.5, 0.6) is 5.75 Å². The minimum atomic E-state index is -3.99. The first kappa shape index (κ1) is 20.8. The van der Waals surface area contributed by atoms with Gasteiger partial charge >= 0.3 is 5.97 Å². The van der Waals surface area contributed by atoms with Crippen molar-refractivity contribution in [3.63, 3.8) is 0 Å². The molecule has 0 spiro atoms. The number of aliphatic carboxylic acids is 1. The van der Waals surface area contributed by atoms with Gasteiger partial charge in [-0.1, -0.05) is 25.1 Å². The lowest BCUT2D eigenvalue weighted by Crippen LogP contribution is -2.36. The topological polar surface area (TPSA) is 137 Å². The Morgan fingerprint density at radius 2 is 1.90 bits per heavy atom. The normalized spacial score (nSPS) is 21.9. The van der Waals surface area contributed by atoms with E-state index in [4.69, 9.17) is 0 Å². The van der Waals surface area contributed by atoms with Gasteiger partial charge in [0.05, 0.1) is 34.6 Å². The fourth-order valence-electron chi connectivity index (χ4n) is 4.10. The van der Waals surface area contributed by atoms with E-state index >= 15 is 0 Å². The number of para-hydroxylation sites is 1. The van der Waals surface area contributed by atoms with E-state index in [2.05, 4.69) is 11.2 Å². The number of hydrogen-bond donors (Lipinski definition) is 2. The monoisotopic (exact) mass is 440 g/mol. The number of carboxylic acids is 1. The van der Waals surface area contributed by atoms with Crippen molar-refractivity contribution < 1.29 is 23.4 Å². The van der Waals surface area contributed by atoms with Gasteiger partial charge in [-0.25, -0.2) is 8.42 Å². The van der Waals surface area contributed by atoms with Crippen molar-refractivity contribution in [1.29, 1.82) is 5.26 Å². The summed E-state index contributed by atoms with van der Waals surface area (Å²) in [6.07, 6.45) is -0.258. The predicted octanol–water partition coefficient (Wildman–Crippen LogP) is 2.14. The third kappa shape index (κ3) is 3.52. The second-order valence-corrected chi connectivity index (χ2v) is 9.44. The summed E-state index contributed by atoms with van der Waals surface area (Å²) in [7, 11) is -3.99.